The molecule has 0 saturated carbocycles. The van der Waals surface area contributed by atoms with Crippen LogP contribution in [0, 0.1) is 6.07 Å². The van der Waals surface area contributed by atoms with Crippen LogP contribution >= 0.6 is 0 Å². The smallest absolute Gasteiger partial charge is 0.0160 e. The summed E-state index contributed by atoms with van der Waals surface area (Å²) in [6, 6.07) is 24.2. The molecular weight excluding hydrogens is 458 g/mol. The van der Waals surface area contributed by atoms with Crippen molar-refractivity contribution in [2.24, 2.45) is 0 Å². The summed E-state index contributed by atoms with van der Waals surface area (Å²) in [6.07, 6.45) is 1.81. The first kappa shape index (κ1) is 17.6. The van der Waals surface area contributed by atoms with E-state index in [1.54, 1.807) is 0 Å². The Hall–Kier alpha value is -1.76. The molecule has 0 bridgehead atoms. The molecule has 23 heavy (non-hydrogen) atoms. The molecule has 1 radical (unpaired) electrons. The molecule has 0 amide bonds. The van der Waals surface area contributed by atoms with Gasteiger partial charge in [-0.25, -0.2) is 0 Å². The Bertz CT molecular complexity index is 756. The summed E-state index contributed by atoms with van der Waals surface area (Å²) in [4.78, 5) is 4.40. The van der Waals surface area contributed by atoms with Crippen LogP contribution in [-0.4, -0.2) is 4.98 Å². The van der Waals surface area contributed by atoms with Gasteiger partial charge in [0, 0.05) is 26.3 Å². The van der Waals surface area contributed by atoms with Gasteiger partial charge in [0.05, 0.1) is 0 Å². The van der Waals surface area contributed by atoms with E-state index in [1.165, 1.54) is 16.7 Å². The summed E-state index contributed by atoms with van der Waals surface area (Å²) in [5.41, 5.74) is 5.93. The first-order chi connectivity index (χ1) is 10.5. The van der Waals surface area contributed by atoms with Crippen LogP contribution in [0.1, 0.15) is 26.3 Å². The zero-order valence-corrected chi connectivity index (χ0v) is 16.0. The molecule has 0 unspecified atom stereocenters. The van der Waals surface area contributed by atoms with Crippen molar-refractivity contribution in [2.45, 2.75) is 26.2 Å². The molecule has 0 aliphatic rings. The number of hydrogen-bond donors (Lipinski definition) is 0. The number of aromatic nitrogens is 1. The Morgan fingerprint density at radius 2 is 1.61 bits per heavy atom. The van der Waals surface area contributed by atoms with E-state index in [9.17, 15) is 0 Å². The molecular formula is C21H20IrN-. The van der Waals surface area contributed by atoms with Crippen molar-refractivity contribution in [3.05, 3.63) is 78.5 Å². The summed E-state index contributed by atoms with van der Waals surface area (Å²) in [7, 11) is 0. The normalized spacial score (nSPS) is 10.9. The van der Waals surface area contributed by atoms with Gasteiger partial charge in [0.2, 0.25) is 0 Å². The Kier molecular flexibility index (Phi) is 5.51. The fraction of sp³-hybridized carbons (Fsp3) is 0.190. The van der Waals surface area contributed by atoms with Crippen LogP contribution in [0.3, 0.4) is 0 Å². The first-order valence-electron chi connectivity index (χ1n) is 7.58. The minimum Gasteiger partial charge on any atom is -0.305 e. The maximum atomic E-state index is 4.40. The third-order valence-electron chi connectivity index (χ3n) is 3.83. The summed E-state index contributed by atoms with van der Waals surface area (Å²) >= 11 is 0. The number of hydrogen-bond acceptors (Lipinski definition) is 1. The molecule has 0 N–H and O–H groups in total. The molecule has 3 rings (SSSR count). The molecule has 3 aromatic rings. The third-order valence-corrected chi connectivity index (χ3v) is 3.83. The van der Waals surface area contributed by atoms with Crippen LogP contribution < -0.4 is 0 Å². The second-order valence-corrected chi connectivity index (χ2v) is 6.53. The molecule has 1 nitrogen and oxygen atoms in total. The van der Waals surface area contributed by atoms with Crippen LogP contribution in [0.15, 0.2) is 66.9 Å². The summed E-state index contributed by atoms with van der Waals surface area (Å²) in [5.74, 6) is 0. The maximum Gasteiger partial charge on any atom is 0.0160 e. The Labute approximate surface area is 152 Å². The quantitative estimate of drug-likeness (QED) is 0.443. The van der Waals surface area contributed by atoms with Crippen molar-refractivity contribution in [2.75, 3.05) is 0 Å². The maximum absolute atomic E-state index is 4.40. The Morgan fingerprint density at radius 1 is 0.870 bits per heavy atom. The van der Waals surface area contributed by atoms with Gasteiger partial charge in [-0.15, -0.1) is 35.4 Å². The van der Waals surface area contributed by atoms with E-state index in [1.807, 2.05) is 30.5 Å². The average Bonchev–Trinajstić information content (AvgIpc) is 2.55. The van der Waals surface area contributed by atoms with Crippen molar-refractivity contribution in [3.8, 4) is 22.4 Å². The van der Waals surface area contributed by atoms with Crippen molar-refractivity contribution < 1.29 is 20.1 Å². The number of benzene rings is 2. The molecule has 0 fully saturated rings. The summed E-state index contributed by atoms with van der Waals surface area (Å²) < 4.78 is 0. The second-order valence-electron chi connectivity index (χ2n) is 6.53. The Balaban J connectivity index is 0.00000192. The van der Waals surface area contributed by atoms with Crippen molar-refractivity contribution >= 4 is 0 Å². The molecule has 0 atom stereocenters. The second kappa shape index (κ2) is 7.21. The average molecular weight is 479 g/mol. The molecule has 1 heterocycles. The zero-order chi connectivity index (χ0) is 15.6. The predicted octanol–water partition coefficient (Wildman–Crippen LogP) is 5.51. The molecule has 0 aliphatic carbocycles. The van der Waals surface area contributed by atoms with Gasteiger partial charge in [-0.05, 0) is 28.3 Å². The molecule has 1 aromatic heterocycles. The van der Waals surface area contributed by atoms with Gasteiger partial charge in [0.1, 0.15) is 0 Å². The van der Waals surface area contributed by atoms with E-state index in [-0.39, 0.29) is 25.5 Å². The topological polar surface area (TPSA) is 12.9 Å². The standard InChI is InChI=1S/C21H20N.Ir/c1-21(2,3)19-12-10-16(11-13-19)17-7-6-8-18(15-17)20-9-4-5-14-22-20;/h4-7,9-15H,1-3H3;/q-1;. The van der Waals surface area contributed by atoms with Crippen LogP contribution in [0.2, 0.25) is 0 Å². The molecule has 0 aliphatic heterocycles. The van der Waals surface area contributed by atoms with Gasteiger partial charge in [-0.1, -0.05) is 57.2 Å². The number of nitrogens with zero attached hydrogens (tertiary/aromatic N) is 1. The zero-order valence-electron chi connectivity index (χ0n) is 13.6. The van der Waals surface area contributed by atoms with E-state index < -0.39 is 0 Å². The van der Waals surface area contributed by atoms with Gasteiger partial charge >= 0.3 is 0 Å². The minimum atomic E-state index is 0. The van der Waals surface area contributed by atoms with E-state index in [2.05, 4.69) is 68.2 Å². The van der Waals surface area contributed by atoms with Crippen LogP contribution in [0.5, 0.6) is 0 Å². The molecule has 2 aromatic carbocycles. The van der Waals surface area contributed by atoms with Crippen LogP contribution in [0.4, 0.5) is 0 Å². The van der Waals surface area contributed by atoms with Gasteiger partial charge in [-0.2, -0.15) is 0 Å². The number of pyridine rings is 1. The largest absolute Gasteiger partial charge is 0.305 e. The van der Waals surface area contributed by atoms with E-state index >= 15 is 0 Å². The third kappa shape index (κ3) is 4.16. The predicted molar refractivity (Wildman–Crippen MR) is 92.6 cm³/mol. The van der Waals surface area contributed by atoms with Crippen molar-refractivity contribution in [1.29, 1.82) is 0 Å². The fourth-order valence-corrected chi connectivity index (χ4v) is 2.48. The van der Waals surface area contributed by atoms with Gasteiger partial charge in [0.25, 0.3) is 0 Å². The van der Waals surface area contributed by atoms with Gasteiger partial charge in [0.15, 0.2) is 0 Å². The summed E-state index contributed by atoms with van der Waals surface area (Å²) in [6.45, 7) is 6.70. The fourth-order valence-electron chi connectivity index (χ4n) is 2.48. The molecule has 2 heteroatoms. The van der Waals surface area contributed by atoms with Gasteiger partial charge < -0.3 is 4.98 Å². The molecule has 119 valence electrons. The molecule has 0 spiro atoms. The summed E-state index contributed by atoms with van der Waals surface area (Å²) in [5, 5.41) is 0. The van der Waals surface area contributed by atoms with Gasteiger partial charge in [-0.3, -0.25) is 0 Å². The van der Waals surface area contributed by atoms with Crippen LogP contribution in [-0.2, 0) is 25.5 Å². The van der Waals surface area contributed by atoms with E-state index in [4.69, 9.17) is 0 Å². The Morgan fingerprint density at radius 3 is 2.22 bits per heavy atom. The van der Waals surface area contributed by atoms with Crippen molar-refractivity contribution in [3.63, 3.8) is 0 Å². The molecule has 0 saturated heterocycles. The monoisotopic (exact) mass is 479 g/mol. The van der Waals surface area contributed by atoms with E-state index in [0.29, 0.717) is 0 Å². The van der Waals surface area contributed by atoms with E-state index in [0.717, 1.165) is 11.3 Å². The minimum absolute atomic E-state index is 0. The van der Waals surface area contributed by atoms with Crippen molar-refractivity contribution in [1.82, 2.24) is 4.98 Å². The van der Waals surface area contributed by atoms with Crippen LogP contribution in [0.25, 0.3) is 22.4 Å². The number of rotatable bonds is 2. The SMILES string of the molecule is CC(C)(C)c1ccc(-c2cc[c-]c(-c3ccccn3)c2)cc1.[Ir]. The first-order valence-corrected chi connectivity index (χ1v) is 7.58.